The Bertz CT molecular complexity index is 1010. The molecule has 1 fully saturated rings. The van der Waals surface area contributed by atoms with E-state index in [9.17, 15) is 4.79 Å². The van der Waals surface area contributed by atoms with Crippen molar-refractivity contribution in [2.24, 2.45) is 7.05 Å². The number of carbonyl (C=O) groups is 1. The quantitative estimate of drug-likeness (QED) is 0.691. The summed E-state index contributed by atoms with van der Waals surface area (Å²) in [7, 11) is 2.16. The van der Waals surface area contributed by atoms with Crippen molar-refractivity contribution in [3.63, 3.8) is 0 Å². The van der Waals surface area contributed by atoms with Gasteiger partial charge in [-0.15, -0.1) is 0 Å². The Hall–Kier alpha value is -2.55. The fourth-order valence-electron chi connectivity index (χ4n) is 5.03. The molecule has 2 aromatic carbocycles. The minimum atomic E-state index is -0.0340. The number of rotatable bonds is 2. The van der Waals surface area contributed by atoms with Gasteiger partial charge in [-0.05, 0) is 77.6 Å². The van der Waals surface area contributed by atoms with E-state index in [1.165, 1.54) is 41.3 Å². The standard InChI is InChI=1S/C22H22N2O/c1-13(25)23-17-5-3-4-14(11-17)19-12-20-15-6-7-16(10-15)21(20)22-18(19)8-9-24(22)2/h3-5,8-9,11-12,15-16H,6-7,10H2,1-2H3,(H,23,25). The first-order valence-corrected chi connectivity index (χ1v) is 9.11. The third-order valence-corrected chi connectivity index (χ3v) is 6.00. The van der Waals surface area contributed by atoms with E-state index in [1.54, 1.807) is 18.1 Å². The summed E-state index contributed by atoms with van der Waals surface area (Å²) in [5.41, 5.74) is 7.88. The molecule has 0 saturated heterocycles. The first-order valence-electron chi connectivity index (χ1n) is 9.11. The van der Waals surface area contributed by atoms with Crippen LogP contribution in [-0.4, -0.2) is 10.5 Å². The van der Waals surface area contributed by atoms with Crippen LogP contribution in [0.25, 0.3) is 22.0 Å². The van der Waals surface area contributed by atoms with Crippen molar-refractivity contribution in [1.82, 2.24) is 4.57 Å². The molecule has 25 heavy (non-hydrogen) atoms. The van der Waals surface area contributed by atoms with Crippen LogP contribution >= 0.6 is 0 Å². The Balaban J connectivity index is 1.74. The van der Waals surface area contributed by atoms with Crippen molar-refractivity contribution in [2.75, 3.05) is 5.32 Å². The van der Waals surface area contributed by atoms with Gasteiger partial charge in [0, 0.05) is 31.2 Å². The summed E-state index contributed by atoms with van der Waals surface area (Å²) in [6, 6.07) is 12.9. The number of aryl methyl sites for hydroxylation is 1. The van der Waals surface area contributed by atoms with Crippen LogP contribution in [0.15, 0.2) is 42.6 Å². The highest BCUT2D eigenvalue weighted by Crippen LogP contribution is 2.56. The molecule has 2 aliphatic rings. The first-order chi connectivity index (χ1) is 12.1. The van der Waals surface area contributed by atoms with Crippen LogP contribution in [0.1, 0.15) is 49.1 Å². The zero-order chi connectivity index (χ0) is 17.1. The van der Waals surface area contributed by atoms with E-state index in [4.69, 9.17) is 0 Å². The lowest BCUT2D eigenvalue weighted by molar-refractivity contribution is -0.114. The molecule has 1 saturated carbocycles. The molecule has 2 unspecified atom stereocenters. The summed E-state index contributed by atoms with van der Waals surface area (Å²) in [4.78, 5) is 11.4. The van der Waals surface area contributed by atoms with Gasteiger partial charge in [0.15, 0.2) is 0 Å². The predicted octanol–water partition coefficient (Wildman–Crippen LogP) is 5.17. The highest BCUT2D eigenvalue weighted by atomic mass is 16.1. The maximum absolute atomic E-state index is 11.4. The first kappa shape index (κ1) is 14.8. The third-order valence-electron chi connectivity index (χ3n) is 6.00. The molecule has 2 atom stereocenters. The Kier molecular flexibility index (Phi) is 3.08. The van der Waals surface area contributed by atoms with Gasteiger partial charge in [-0.2, -0.15) is 0 Å². The SMILES string of the molecule is CC(=O)Nc1cccc(-c2cc3c(c4c2ccn4C)C2CCC3C2)c1. The van der Waals surface area contributed by atoms with Crippen molar-refractivity contribution in [3.05, 3.63) is 53.7 Å². The van der Waals surface area contributed by atoms with Gasteiger partial charge in [0.1, 0.15) is 0 Å². The monoisotopic (exact) mass is 330 g/mol. The van der Waals surface area contributed by atoms with Crippen molar-refractivity contribution in [2.45, 2.75) is 38.0 Å². The van der Waals surface area contributed by atoms with Gasteiger partial charge in [0.05, 0.1) is 5.52 Å². The Morgan fingerprint density at radius 1 is 1.16 bits per heavy atom. The summed E-state index contributed by atoms with van der Waals surface area (Å²) in [6.45, 7) is 1.55. The van der Waals surface area contributed by atoms with Crippen molar-refractivity contribution < 1.29 is 4.79 Å². The van der Waals surface area contributed by atoms with E-state index in [0.29, 0.717) is 0 Å². The van der Waals surface area contributed by atoms with Gasteiger partial charge >= 0.3 is 0 Å². The Morgan fingerprint density at radius 3 is 2.84 bits per heavy atom. The van der Waals surface area contributed by atoms with E-state index in [2.05, 4.69) is 47.4 Å². The van der Waals surface area contributed by atoms with Gasteiger partial charge in [-0.1, -0.05) is 12.1 Å². The number of hydrogen-bond donors (Lipinski definition) is 1. The van der Waals surface area contributed by atoms with Crippen LogP contribution in [0.5, 0.6) is 0 Å². The van der Waals surface area contributed by atoms with Crippen LogP contribution in [0.2, 0.25) is 0 Å². The third kappa shape index (κ3) is 2.15. The molecule has 0 aliphatic heterocycles. The number of fused-ring (bicyclic) bond motifs is 7. The predicted molar refractivity (Wildman–Crippen MR) is 102 cm³/mol. The maximum atomic E-state index is 11.4. The molecule has 1 heterocycles. The van der Waals surface area contributed by atoms with Gasteiger partial charge in [-0.3, -0.25) is 4.79 Å². The van der Waals surface area contributed by atoms with E-state index in [-0.39, 0.29) is 5.91 Å². The lowest BCUT2D eigenvalue weighted by Crippen LogP contribution is -2.05. The molecule has 0 spiro atoms. The van der Waals surface area contributed by atoms with Gasteiger partial charge in [0.2, 0.25) is 5.91 Å². The van der Waals surface area contributed by atoms with Crippen LogP contribution in [0, 0.1) is 0 Å². The number of hydrogen-bond acceptors (Lipinski definition) is 1. The van der Waals surface area contributed by atoms with Gasteiger partial charge < -0.3 is 9.88 Å². The summed E-state index contributed by atoms with van der Waals surface area (Å²) >= 11 is 0. The average molecular weight is 330 g/mol. The number of anilines is 1. The minimum Gasteiger partial charge on any atom is -0.350 e. The van der Waals surface area contributed by atoms with Crippen LogP contribution in [-0.2, 0) is 11.8 Å². The molecule has 1 aromatic heterocycles. The number of nitrogens with zero attached hydrogens (tertiary/aromatic N) is 1. The Morgan fingerprint density at radius 2 is 2.00 bits per heavy atom. The lowest BCUT2D eigenvalue weighted by atomic mass is 9.86. The number of amides is 1. The zero-order valence-electron chi connectivity index (χ0n) is 14.7. The fraction of sp³-hybridized carbons (Fsp3) is 0.318. The molecule has 1 amide bonds. The fourth-order valence-corrected chi connectivity index (χ4v) is 5.03. The largest absolute Gasteiger partial charge is 0.350 e. The summed E-state index contributed by atoms with van der Waals surface area (Å²) in [5.74, 6) is 1.45. The van der Waals surface area contributed by atoms with E-state index >= 15 is 0 Å². The van der Waals surface area contributed by atoms with E-state index < -0.39 is 0 Å². The molecule has 3 aromatic rings. The number of nitrogens with one attached hydrogen (secondary N) is 1. The summed E-state index contributed by atoms with van der Waals surface area (Å²) < 4.78 is 2.29. The van der Waals surface area contributed by atoms with Crippen molar-refractivity contribution in [1.29, 1.82) is 0 Å². The second-order valence-corrected chi connectivity index (χ2v) is 7.58. The summed E-state index contributed by atoms with van der Waals surface area (Å²) in [5, 5.41) is 4.23. The second-order valence-electron chi connectivity index (χ2n) is 7.58. The smallest absolute Gasteiger partial charge is 0.221 e. The summed E-state index contributed by atoms with van der Waals surface area (Å²) in [6.07, 6.45) is 6.18. The van der Waals surface area contributed by atoms with Crippen LogP contribution < -0.4 is 5.32 Å². The molecule has 0 radical (unpaired) electrons. The van der Waals surface area contributed by atoms with Crippen molar-refractivity contribution >= 4 is 22.5 Å². The minimum absolute atomic E-state index is 0.0340. The molecule has 2 aliphatic carbocycles. The molecule has 3 heteroatoms. The average Bonchev–Trinajstić information content (AvgIpc) is 3.29. The van der Waals surface area contributed by atoms with Crippen LogP contribution in [0.3, 0.4) is 0 Å². The molecule has 126 valence electrons. The molecular formula is C22H22N2O. The van der Waals surface area contributed by atoms with Gasteiger partial charge in [0.25, 0.3) is 0 Å². The lowest BCUT2D eigenvalue weighted by Gasteiger charge is -2.20. The van der Waals surface area contributed by atoms with Gasteiger partial charge in [-0.25, -0.2) is 0 Å². The molecule has 3 nitrogen and oxygen atoms in total. The normalized spacial score (nSPS) is 20.9. The maximum Gasteiger partial charge on any atom is 0.221 e. The van der Waals surface area contributed by atoms with Crippen molar-refractivity contribution in [3.8, 4) is 11.1 Å². The molecule has 2 bridgehead atoms. The number of benzene rings is 2. The number of carbonyl (C=O) groups excluding carboxylic acids is 1. The van der Waals surface area contributed by atoms with E-state index in [0.717, 1.165) is 17.5 Å². The van der Waals surface area contributed by atoms with Crippen LogP contribution in [0.4, 0.5) is 5.69 Å². The molecule has 5 rings (SSSR count). The molecular weight excluding hydrogens is 308 g/mol. The number of aromatic nitrogens is 1. The topological polar surface area (TPSA) is 34.0 Å². The zero-order valence-corrected chi connectivity index (χ0v) is 14.7. The highest BCUT2D eigenvalue weighted by Gasteiger charge is 2.39. The highest BCUT2D eigenvalue weighted by molar-refractivity contribution is 6.00. The second kappa shape index (κ2) is 5.22. The van der Waals surface area contributed by atoms with E-state index in [1.807, 2.05) is 12.1 Å². The Labute approximate surface area is 147 Å². The molecule has 1 N–H and O–H groups in total.